The van der Waals surface area contributed by atoms with Crippen molar-refractivity contribution in [1.29, 1.82) is 0 Å². The minimum Gasteiger partial charge on any atom is -0.370 e. The number of aryl methyl sites for hydroxylation is 1. The van der Waals surface area contributed by atoms with Gasteiger partial charge in [-0.1, -0.05) is 6.07 Å². The third-order valence-corrected chi connectivity index (χ3v) is 3.67. The molecule has 0 unspecified atom stereocenters. The summed E-state index contributed by atoms with van der Waals surface area (Å²) in [7, 11) is 0. The summed E-state index contributed by atoms with van der Waals surface area (Å²) in [5.74, 6) is 0.0523. The van der Waals surface area contributed by atoms with Gasteiger partial charge in [0.2, 0.25) is 0 Å². The molecule has 0 aromatic heterocycles. The van der Waals surface area contributed by atoms with E-state index < -0.39 is 0 Å². The molecule has 1 aliphatic heterocycles. The lowest BCUT2D eigenvalue weighted by Gasteiger charge is -2.23. The molecule has 0 saturated carbocycles. The van der Waals surface area contributed by atoms with Gasteiger partial charge in [-0.2, -0.15) is 0 Å². The SMILES string of the molecule is Cc1ccc(NC(=O)C[NH+]2CCOCC2)c(Br)c1. The molecule has 4 nitrogen and oxygen atoms in total. The summed E-state index contributed by atoms with van der Waals surface area (Å²) < 4.78 is 6.20. The van der Waals surface area contributed by atoms with Gasteiger partial charge in [-0.15, -0.1) is 0 Å². The summed E-state index contributed by atoms with van der Waals surface area (Å²) >= 11 is 3.46. The first-order valence-electron chi connectivity index (χ1n) is 6.12. The molecule has 1 aliphatic rings. The van der Waals surface area contributed by atoms with Gasteiger partial charge in [0, 0.05) is 4.47 Å². The highest BCUT2D eigenvalue weighted by Gasteiger charge is 2.18. The smallest absolute Gasteiger partial charge is 0.279 e. The van der Waals surface area contributed by atoms with E-state index in [-0.39, 0.29) is 5.91 Å². The van der Waals surface area contributed by atoms with E-state index in [1.807, 2.05) is 25.1 Å². The summed E-state index contributed by atoms with van der Waals surface area (Å²) in [6, 6.07) is 5.91. The minimum atomic E-state index is 0.0523. The van der Waals surface area contributed by atoms with Crippen LogP contribution >= 0.6 is 15.9 Å². The first-order chi connectivity index (χ1) is 8.65. The van der Waals surface area contributed by atoms with Gasteiger partial charge in [0.1, 0.15) is 13.1 Å². The molecule has 98 valence electrons. The molecule has 0 spiro atoms. The summed E-state index contributed by atoms with van der Waals surface area (Å²) in [4.78, 5) is 13.2. The number of amides is 1. The van der Waals surface area contributed by atoms with E-state index in [1.54, 1.807) is 0 Å². The number of carbonyl (C=O) groups is 1. The number of quaternary nitrogens is 1. The second-order valence-corrected chi connectivity index (χ2v) is 5.42. The monoisotopic (exact) mass is 313 g/mol. The maximum absolute atomic E-state index is 11.9. The number of morpholine rings is 1. The normalized spacial score (nSPS) is 16.6. The molecule has 1 aromatic carbocycles. The summed E-state index contributed by atoms with van der Waals surface area (Å²) in [6.45, 7) is 5.83. The molecule has 2 N–H and O–H groups in total. The zero-order chi connectivity index (χ0) is 13.0. The van der Waals surface area contributed by atoms with E-state index in [0.717, 1.165) is 36.5 Å². The van der Waals surface area contributed by atoms with Crippen LogP contribution in [0.3, 0.4) is 0 Å². The first kappa shape index (κ1) is 13.5. The zero-order valence-electron chi connectivity index (χ0n) is 10.5. The Bertz CT molecular complexity index is 431. The molecule has 1 saturated heterocycles. The van der Waals surface area contributed by atoms with Crippen LogP contribution in [-0.2, 0) is 9.53 Å². The second kappa shape index (κ2) is 6.31. The van der Waals surface area contributed by atoms with Crippen LogP contribution in [-0.4, -0.2) is 38.8 Å². The molecule has 1 heterocycles. The molecule has 2 rings (SSSR count). The number of benzene rings is 1. The number of anilines is 1. The van der Waals surface area contributed by atoms with Gasteiger partial charge in [-0.05, 0) is 40.5 Å². The molecule has 1 fully saturated rings. The van der Waals surface area contributed by atoms with Gasteiger partial charge in [0.25, 0.3) is 5.91 Å². The number of halogens is 1. The zero-order valence-corrected chi connectivity index (χ0v) is 12.0. The molecular weight excluding hydrogens is 296 g/mol. The van der Waals surface area contributed by atoms with Crippen molar-refractivity contribution in [3.05, 3.63) is 28.2 Å². The van der Waals surface area contributed by atoms with E-state index >= 15 is 0 Å². The van der Waals surface area contributed by atoms with Crippen LogP contribution in [0.2, 0.25) is 0 Å². The Morgan fingerprint density at radius 1 is 1.44 bits per heavy atom. The lowest BCUT2D eigenvalue weighted by molar-refractivity contribution is -0.899. The number of carbonyl (C=O) groups excluding carboxylic acids is 1. The maximum Gasteiger partial charge on any atom is 0.279 e. The predicted molar refractivity (Wildman–Crippen MR) is 73.9 cm³/mol. The van der Waals surface area contributed by atoms with Crippen LogP contribution in [0.15, 0.2) is 22.7 Å². The number of rotatable bonds is 3. The maximum atomic E-state index is 11.9. The van der Waals surface area contributed by atoms with Crippen molar-refractivity contribution in [3.63, 3.8) is 0 Å². The average Bonchev–Trinajstić information content (AvgIpc) is 2.34. The molecule has 0 radical (unpaired) electrons. The average molecular weight is 314 g/mol. The Morgan fingerprint density at radius 2 is 2.17 bits per heavy atom. The molecule has 0 atom stereocenters. The predicted octanol–water partition coefficient (Wildman–Crippen LogP) is 0.611. The molecule has 1 amide bonds. The van der Waals surface area contributed by atoms with Gasteiger partial charge in [-0.3, -0.25) is 4.79 Å². The van der Waals surface area contributed by atoms with Crippen LogP contribution in [0, 0.1) is 6.92 Å². The van der Waals surface area contributed by atoms with E-state index in [4.69, 9.17) is 4.74 Å². The fraction of sp³-hybridized carbons (Fsp3) is 0.462. The first-order valence-corrected chi connectivity index (χ1v) is 6.92. The third kappa shape index (κ3) is 3.80. The van der Waals surface area contributed by atoms with Crippen LogP contribution in [0.25, 0.3) is 0 Å². The fourth-order valence-corrected chi connectivity index (χ4v) is 2.57. The lowest BCUT2D eigenvalue weighted by Crippen LogP contribution is -3.15. The number of hydrogen-bond acceptors (Lipinski definition) is 2. The van der Waals surface area contributed by atoms with Crippen molar-refractivity contribution in [2.45, 2.75) is 6.92 Å². The standard InChI is InChI=1S/C13H17BrN2O2/c1-10-2-3-12(11(14)8-10)15-13(17)9-16-4-6-18-7-5-16/h2-3,8H,4-7,9H2,1H3,(H,15,17)/p+1. The van der Waals surface area contributed by atoms with E-state index in [9.17, 15) is 4.79 Å². The van der Waals surface area contributed by atoms with E-state index in [1.165, 1.54) is 10.5 Å². The lowest BCUT2D eigenvalue weighted by atomic mass is 10.2. The highest BCUT2D eigenvalue weighted by Crippen LogP contribution is 2.22. The molecular formula is C13H18BrN2O2+. The van der Waals surface area contributed by atoms with E-state index in [0.29, 0.717) is 6.54 Å². The quantitative estimate of drug-likeness (QED) is 0.859. The number of ether oxygens (including phenoxy) is 1. The molecule has 0 bridgehead atoms. The Labute approximate surface area is 115 Å². The van der Waals surface area contributed by atoms with Crippen LogP contribution < -0.4 is 10.2 Å². The minimum absolute atomic E-state index is 0.0523. The van der Waals surface area contributed by atoms with Crippen LogP contribution in [0.5, 0.6) is 0 Å². The van der Waals surface area contributed by atoms with Gasteiger partial charge in [0.05, 0.1) is 18.9 Å². The molecule has 5 heteroatoms. The van der Waals surface area contributed by atoms with Gasteiger partial charge < -0.3 is 15.0 Å². The van der Waals surface area contributed by atoms with Crippen molar-refractivity contribution in [1.82, 2.24) is 0 Å². The summed E-state index contributed by atoms with van der Waals surface area (Å²) in [5.41, 5.74) is 2.00. The Kier molecular flexibility index (Phi) is 4.74. The van der Waals surface area contributed by atoms with Crippen molar-refractivity contribution < 1.29 is 14.4 Å². The van der Waals surface area contributed by atoms with E-state index in [2.05, 4.69) is 21.2 Å². The van der Waals surface area contributed by atoms with Gasteiger partial charge in [0.15, 0.2) is 6.54 Å². The van der Waals surface area contributed by atoms with Crippen molar-refractivity contribution in [2.24, 2.45) is 0 Å². The van der Waals surface area contributed by atoms with Gasteiger partial charge in [-0.25, -0.2) is 0 Å². The fourth-order valence-electron chi connectivity index (χ4n) is 1.98. The number of nitrogens with one attached hydrogen (secondary N) is 2. The molecule has 1 aromatic rings. The third-order valence-electron chi connectivity index (χ3n) is 3.01. The summed E-state index contributed by atoms with van der Waals surface area (Å²) in [6.07, 6.45) is 0. The summed E-state index contributed by atoms with van der Waals surface area (Å²) in [5, 5.41) is 2.94. The van der Waals surface area contributed by atoms with Crippen molar-refractivity contribution in [3.8, 4) is 0 Å². The van der Waals surface area contributed by atoms with Crippen LogP contribution in [0.1, 0.15) is 5.56 Å². The second-order valence-electron chi connectivity index (χ2n) is 4.57. The van der Waals surface area contributed by atoms with Crippen molar-refractivity contribution in [2.75, 3.05) is 38.2 Å². The number of hydrogen-bond donors (Lipinski definition) is 2. The van der Waals surface area contributed by atoms with Crippen LogP contribution in [0.4, 0.5) is 5.69 Å². The highest BCUT2D eigenvalue weighted by molar-refractivity contribution is 9.10. The largest absolute Gasteiger partial charge is 0.370 e. The van der Waals surface area contributed by atoms with Crippen molar-refractivity contribution >= 4 is 27.5 Å². The topological polar surface area (TPSA) is 42.8 Å². The highest BCUT2D eigenvalue weighted by atomic mass is 79.9. The molecule has 18 heavy (non-hydrogen) atoms. The Morgan fingerprint density at radius 3 is 2.83 bits per heavy atom. The Balaban J connectivity index is 1.90. The van der Waals surface area contributed by atoms with Gasteiger partial charge >= 0.3 is 0 Å². The molecule has 0 aliphatic carbocycles. The Hall–Kier alpha value is -0.910.